The summed E-state index contributed by atoms with van der Waals surface area (Å²) in [7, 11) is 0. The Morgan fingerprint density at radius 3 is 2.39 bits per heavy atom. The second-order valence-corrected chi connectivity index (χ2v) is 9.02. The van der Waals surface area contributed by atoms with Gasteiger partial charge < -0.3 is 15.8 Å². The average molecular weight is 570 g/mol. The molecule has 6 nitrogen and oxygen atoms in total. The second kappa shape index (κ2) is 13.8. The lowest BCUT2D eigenvalue weighted by atomic mass is 10.0. The third-order valence-electron chi connectivity index (χ3n) is 5.19. The number of nitrogens with zero attached hydrogens (tertiary/aromatic N) is 1. The number of fused-ring (bicyclic) bond motifs is 3. The number of thioether (sulfide) groups is 1. The summed E-state index contributed by atoms with van der Waals surface area (Å²) in [6.07, 6.45) is 5.34. The van der Waals surface area contributed by atoms with Crippen LogP contribution in [0.15, 0.2) is 58.4 Å². The molecule has 0 saturated carbocycles. The molecule has 2 aromatic carbocycles. The van der Waals surface area contributed by atoms with E-state index < -0.39 is 29.7 Å². The molecule has 3 N–H and O–H groups in total. The molecule has 3 heterocycles. The van der Waals surface area contributed by atoms with Crippen LogP contribution in [0.5, 0.6) is 5.75 Å². The Labute approximate surface area is 226 Å². The van der Waals surface area contributed by atoms with Crippen molar-refractivity contribution >= 4 is 29.3 Å². The Kier molecular flexibility index (Phi) is 11.1. The highest BCUT2D eigenvalue weighted by Gasteiger charge is 2.23. The molecule has 38 heavy (non-hydrogen) atoms. The second-order valence-electron chi connectivity index (χ2n) is 7.63. The number of benzene rings is 2. The van der Waals surface area contributed by atoms with E-state index in [2.05, 4.69) is 23.6 Å². The first kappa shape index (κ1) is 30.6. The van der Waals surface area contributed by atoms with Gasteiger partial charge in [-0.2, -0.15) is 13.2 Å². The van der Waals surface area contributed by atoms with Crippen LogP contribution in [0.4, 0.5) is 17.6 Å². The Balaban J connectivity index is 0.000000214. The van der Waals surface area contributed by atoms with Gasteiger partial charge in [-0.15, -0.1) is 24.6 Å². The maximum absolute atomic E-state index is 13.8. The summed E-state index contributed by atoms with van der Waals surface area (Å²) in [6.45, 7) is 1.36. The van der Waals surface area contributed by atoms with Crippen molar-refractivity contribution in [2.24, 2.45) is 0 Å². The van der Waals surface area contributed by atoms with Crippen molar-refractivity contribution in [3.05, 3.63) is 92.1 Å². The number of aromatic hydroxyl groups is 1. The molecule has 12 heteroatoms. The fourth-order valence-corrected chi connectivity index (χ4v) is 4.75. The standard InChI is InChI=1S/C14H10ClFS.C7H7N3O3.C3H5F3.C2H2/c15-12-5-1-3-9-7-11-10(8-17-14(9)12)4-2-6-13(11)16;11-4-1-2-10-5(6(4)12)7(13)8-3-9-10;1-2-3(4,5)6;1-2/h1-6H,7-8H2;1-2,9,12H,3H2,(H,8,13);2H2,1H3;1-2H. The van der Waals surface area contributed by atoms with Crippen molar-refractivity contribution in [2.75, 3.05) is 12.1 Å². The molecular weight excluding hydrogens is 546 g/mol. The topological polar surface area (TPSA) is 83.4 Å². The summed E-state index contributed by atoms with van der Waals surface area (Å²) in [5, 5.41) is 12.5. The van der Waals surface area contributed by atoms with Gasteiger partial charge in [0.25, 0.3) is 5.91 Å². The van der Waals surface area contributed by atoms with E-state index in [1.165, 1.54) is 23.0 Å². The Bertz CT molecular complexity index is 1360. The fourth-order valence-electron chi connectivity index (χ4n) is 3.30. The number of pyridine rings is 1. The van der Waals surface area contributed by atoms with E-state index in [-0.39, 0.29) is 18.2 Å². The van der Waals surface area contributed by atoms with Crippen LogP contribution >= 0.6 is 23.4 Å². The van der Waals surface area contributed by atoms with E-state index >= 15 is 0 Å². The summed E-state index contributed by atoms with van der Waals surface area (Å²) in [5.41, 5.74) is 5.12. The molecule has 0 radical (unpaired) electrons. The Hall–Kier alpha value is -3.62. The zero-order valence-corrected chi connectivity index (χ0v) is 21.7. The van der Waals surface area contributed by atoms with Crippen LogP contribution in [-0.4, -0.2) is 28.5 Å². The average Bonchev–Trinajstić information content (AvgIpc) is 3.09. The molecule has 2 aliphatic rings. The first-order valence-electron chi connectivity index (χ1n) is 11.0. The summed E-state index contributed by atoms with van der Waals surface area (Å²) in [5.74, 6) is -0.332. The SMILES string of the molecule is C#C.CCC(F)(F)F.Fc1cccc2c1Cc1cccc(Cl)c1SC2.O=C1NCNn2ccc(=O)c(O)c21. The van der Waals surface area contributed by atoms with Gasteiger partial charge in [0.05, 0.1) is 5.02 Å². The number of terminal acetylenes is 1. The number of aromatic nitrogens is 1. The van der Waals surface area contributed by atoms with Crippen molar-refractivity contribution < 1.29 is 27.5 Å². The van der Waals surface area contributed by atoms with Crippen LogP contribution < -0.4 is 16.2 Å². The van der Waals surface area contributed by atoms with Gasteiger partial charge >= 0.3 is 6.18 Å². The normalized spacial score (nSPS) is 13.0. The zero-order valence-electron chi connectivity index (χ0n) is 20.1. The van der Waals surface area contributed by atoms with Gasteiger partial charge in [0.2, 0.25) is 5.43 Å². The monoisotopic (exact) mass is 569 g/mol. The third kappa shape index (κ3) is 7.94. The summed E-state index contributed by atoms with van der Waals surface area (Å²) in [4.78, 5) is 23.2. The number of hydrogen-bond donors (Lipinski definition) is 3. The highest BCUT2D eigenvalue weighted by Crippen LogP contribution is 2.38. The number of rotatable bonds is 0. The number of halogens is 5. The highest BCUT2D eigenvalue weighted by atomic mass is 35.5. The van der Waals surface area contributed by atoms with Crippen LogP contribution in [0, 0.1) is 18.7 Å². The maximum atomic E-state index is 13.8. The fraction of sp³-hybridized carbons (Fsp3) is 0.231. The van der Waals surface area contributed by atoms with Crippen LogP contribution in [0.25, 0.3) is 0 Å². The van der Waals surface area contributed by atoms with Crippen LogP contribution in [0.1, 0.15) is 40.5 Å². The van der Waals surface area contributed by atoms with Gasteiger partial charge in [-0.3, -0.25) is 14.3 Å². The molecule has 3 aromatic rings. The van der Waals surface area contributed by atoms with Crippen molar-refractivity contribution in [1.29, 1.82) is 0 Å². The lowest BCUT2D eigenvalue weighted by molar-refractivity contribution is -0.130. The highest BCUT2D eigenvalue weighted by molar-refractivity contribution is 7.98. The predicted octanol–water partition coefficient (Wildman–Crippen LogP) is 5.68. The number of hydrogen-bond acceptors (Lipinski definition) is 5. The minimum Gasteiger partial charge on any atom is -0.502 e. The van der Waals surface area contributed by atoms with E-state index in [9.17, 15) is 32.3 Å². The maximum Gasteiger partial charge on any atom is 0.388 e. The largest absolute Gasteiger partial charge is 0.502 e. The Morgan fingerprint density at radius 2 is 1.74 bits per heavy atom. The summed E-state index contributed by atoms with van der Waals surface area (Å²) in [6, 6.07) is 12.3. The molecule has 0 spiro atoms. The van der Waals surface area contributed by atoms with Gasteiger partial charge in [0, 0.05) is 35.8 Å². The van der Waals surface area contributed by atoms with Crippen LogP contribution in [0.3, 0.4) is 0 Å². The molecule has 0 fully saturated rings. The molecule has 0 bridgehead atoms. The molecule has 0 unspecified atom stereocenters. The van der Waals surface area contributed by atoms with Crippen LogP contribution in [-0.2, 0) is 12.2 Å². The number of amides is 1. The quantitative estimate of drug-likeness (QED) is 0.240. The summed E-state index contributed by atoms with van der Waals surface area (Å²) >= 11 is 7.87. The molecule has 1 aromatic heterocycles. The lowest BCUT2D eigenvalue weighted by Crippen LogP contribution is -2.42. The number of carbonyl (C=O) groups excluding carboxylic acids is 1. The van der Waals surface area contributed by atoms with Gasteiger partial charge in [-0.25, -0.2) is 4.39 Å². The third-order valence-corrected chi connectivity index (χ3v) is 6.84. The Morgan fingerprint density at radius 1 is 1.11 bits per heavy atom. The van der Waals surface area contributed by atoms with Crippen molar-refractivity contribution in [1.82, 2.24) is 9.99 Å². The van der Waals surface area contributed by atoms with E-state index in [1.54, 1.807) is 17.8 Å². The zero-order chi connectivity index (χ0) is 28.5. The van der Waals surface area contributed by atoms with Crippen molar-refractivity contribution in [3.8, 4) is 18.6 Å². The molecule has 0 aliphatic carbocycles. The molecular formula is C26H24ClF4N3O3S. The smallest absolute Gasteiger partial charge is 0.388 e. The molecule has 0 saturated heterocycles. The molecule has 5 rings (SSSR count). The molecule has 2 aliphatic heterocycles. The van der Waals surface area contributed by atoms with E-state index in [0.717, 1.165) is 39.3 Å². The number of alkyl halides is 3. The van der Waals surface area contributed by atoms with Gasteiger partial charge in [-0.05, 0) is 28.8 Å². The lowest BCUT2D eigenvalue weighted by Gasteiger charge is -2.21. The first-order valence-corrected chi connectivity index (χ1v) is 12.4. The van der Waals surface area contributed by atoms with Crippen molar-refractivity contribution in [3.63, 3.8) is 0 Å². The minimum absolute atomic E-state index is 0.0567. The minimum atomic E-state index is -3.96. The van der Waals surface area contributed by atoms with Gasteiger partial charge in [-0.1, -0.05) is 42.8 Å². The van der Waals surface area contributed by atoms with Gasteiger partial charge in [0.15, 0.2) is 11.4 Å². The van der Waals surface area contributed by atoms with E-state index in [4.69, 9.17) is 11.6 Å². The van der Waals surface area contributed by atoms with E-state index in [1.807, 2.05) is 24.3 Å². The molecule has 202 valence electrons. The predicted molar refractivity (Wildman–Crippen MR) is 141 cm³/mol. The molecule has 1 amide bonds. The number of nitrogens with one attached hydrogen (secondary N) is 2. The number of carbonyl (C=O) groups is 1. The van der Waals surface area contributed by atoms with Crippen LogP contribution in [0.2, 0.25) is 5.02 Å². The first-order chi connectivity index (χ1) is 18.0. The van der Waals surface area contributed by atoms with E-state index in [0.29, 0.717) is 6.42 Å². The van der Waals surface area contributed by atoms with Crippen molar-refractivity contribution in [2.45, 2.75) is 36.6 Å². The summed E-state index contributed by atoms with van der Waals surface area (Å²) < 4.78 is 47.5. The molecule has 0 atom stereocenters. The van der Waals surface area contributed by atoms with Gasteiger partial charge in [0.1, 0.15) is 12.5 Å².